The summed E-state index contributed by atoms with van der Waals surface area (Å²) in [7, 11) is 1.83. The van der Waals surface area contributed by atoms with Crippen LogP contribution in [-0.4, -0.2) is 27.9 Å². The van der Waals surface area contributed by atoms with Crippen molar-refractivity contribution in [3.8, 4) is 11.4 Å². The third kappa shape index (κ3) is 4.26. The minimum Gasteiger partial charge on any atom is -0.373 e. The monoisotopic (exact) mass is 387 g/mol. The molecule has 1 aliphatic rings. The van der Waals surface area contributed by atoms with Gasteiger partial charge in [0.25, 0.3) is 5.91 Å². The summed E-state index contributed by atoms with van der Waals surface area (Å²) in [5.41, 5.74) is 4.34. The van der Waals surface area contributed by atoms with Crippen LogP contribution in [0.1, 0.15) is 46.2 Å². The minimum atomic E-state index is -0.102. The van der Waals surface area contributed by atoms with Crippen LogP contribution < -0.4 is 10.6 Å². The molecular formula is C23H25N5O. The number of amides is 1. The zero-order chi connectivity index (χ0) is 20.4. The summed E-state index contributed by atoms with van der Waals surface area (Å²) >= 11 is 0. The van der Waals surface area contributed by atoms with E-state index in [-0.39, 0.29) is 11.9 Å². The fourth-order valence-electron chi connectivity index (χ4n) is 3.51. The first-order valence-corrected chi connectivity index (χ1v) is 9.91. The molecule has 1 fully saturated rings. The molecule has 1 unspecified atom stereocenters. The normalized spacial score (nSPS) is 14.3. The molecule has 0 spiro atoms. The standard InChI is InChI=1S/C23H25N5O/c1-14-6-5-11-25-20(14)21(16-9-10-16)28-23(29)18-8-4-7-17(13-18)22-26-15(2)12-19(24-3)27-22/h4-8,11-13,16,21H,9-10H2,1-3H3,(H,28,29)(H,24,26,27). The molecule has 0 aliphatic heterocycles. The Morgan fingerprint density at radius 3 is 2.66 bits per heavy atom. The van der Waals surface area contributed by atoms with E-state index in [9.17, 15) is 4.79 Å². The maximum Gasteiger partial charge on any atom is 0.251 e. The highest BCUT2D eigenvalue weighted by molar-refractivity contribution is 5.95. The molecule has 2 aromatic heterocycles. The Hall–Kier alpha value is -3.28. The van der Waals surface area contributed by atoms with Gasteiger partial charge in [0.1, 0.15) is 5.82 Å². The number of aryl methyl sites for hydroxylation is 2. The SMILES string of the molecule is CNc1cc(C)nc(-c2cccc(C(=O)NC(c3ncccc3C)C3CC3)c2)n1. The van der Waals surface area contributed by atoms with E-state index in [2.05, 4.69) is 25.6 Å². The van der Waals surface area contributed by atoms with E-state index in [0.717, 1.165) is 41.2 Å². The third-order valence-corrected chi connectivity index (χ3v) is 5.22. The summed E-state index contributed by atoms with van der Waals surface area (Å²) in [4.78, 5) is 26.6. The van der Waals surface area contributed by atoms with Crippen molar-refractivity contribution < 1.29 is 4.79 Å². The van der Waals surface area contributed by atoms with E-state index < -0.39 is 0 Å². The van der Waals surface area contributed by atoms with Gasteiger partial charge in [0.2, 0.25) is 0 Å². The summed E-state index contributed by atoms with van der Waals surface area (Å²) in [6.45, 7) is 3.97. The average Bonchev–Trinajstić information content (AvgIpc) is 3.57. The van der Waals surface area contributed by atoms with Crippen LogP contribution >= 0.6 is 0 Å². The first-order chi connectivity index (χ1) is 14.0. The Morgan fingerprint density at radius 1 is 1.10 bits per heavy atom. The molecule has 1 aromatic carbocycles. The van der Waals surface area contributed by atoms with Gasteiger partial charge in [-0.3, -0.25) is 9.78 Å². The molecule has 1 saturated carbocycles. The largest absolute Gasteiger partial charge is 0.373 e. The zero-order valence-electron chi connectivity index (χ0n) is 16.9. The number of aromatic nitrogens is 3. The first kappa shape index (κ1) is 19.1. The van der Waals surface area contributed by atoms with Crippen molar-refractivity contribution in [2.75, 3.05) is 12.4 Å². The second-order valence-corrected chi connectivity index (χ2v) is 7.54. The van der Waals surface area contributed by atoms with Crippen LogP contribution in [0.4, 0.5) is 5.82 Å². The molecule has 6 heteroatoms. The van der Waals surface area contributed by atoms with Crippen LogP contribution in [0.25, 0.3) is 11.4 Å². The van der Waals surface area contributed by atoms with Gasteiger partial charge < -0.3 is 10.6 Å². The molecule has 2 N–H and O–H groups in total. The number of nitrogens with one attached hydrogen (secondary N) is 2. The summed E-state index contributed by atoms with van der Waals surface area (Å²) < 4.78 is 0. The average molecular weight is 387 g/mol. The molecule has 2 heterocycles. The summed E-state index contributed by atoms with van der Waals surface area (Å²) in [6.07, 6.45) is 4.02. The highest BCUT2D eigenvalue weighted by Gasteiger charge is 2.35. The topological polar surface area (TPSA) is 79.8 Å². The predicted molar refractivity (Wildman–Crippen MR) is 114 cm³/mol. The van der Waals surface area contributed by atoms with Crippen LogP contribution in [0.15, 0.2) is 48.7 Å². The van der Waals surface area contributed by atoms with Crippen LogP contribution in [0.2, 0.25) is 0 Å². The van der Waals surface area contributed by atoms with Gasteiger partial charge in [-0.05, 0) is 56.4 Å². The number of pyridine rings is 1. The lowest BCUT2D eigenvalue weighted by Gasteiger charge is -2.20. The summed E-state index contributed by atoms with van der Waals surface area (Å²) in [5.74, 6) is 1.70. The van der Waals surface area contributed by atoms with Crippen LogP contribution in [-0.2, 0) is 0 Å². The van der Waals surface area contributed by atoms with Gasteiger partial charge in [0.15, 0.2) is 5.82 Å². The number of anilines is 1. The van der Waals surface area contributed by atoms with Crippen molar-refractivity contribution in [2.45, 2.75) is 32.7 Å². The molecule has 0 bridgehead atoms. The van der Waals surface area contributed by atoms with Gasteiger partial charge in [0.05, 0.1) is 11.7 Å². The number of carbonyl (C=O) groups excluding carboxylic acids is 1. The number of benzene rings is 1. The molecule has 1 amide bonds. The molecule has 1 atom stereocenters. The van der Waals surface area contributed by atoms with Crippen molar-refractivity contribution >= 4 is 11.7 Å². The fraction of sp³-hybridized carbons (Fsp3) is 0.304. The van der Waals surface area contributed by atoms with E-state index in [4.69, 9.17) is 0 Å². The Labute approximate surface area is 170 Å². The summed E-state index contributed by atoms with van der Waals surface area (Å²) in [6, 6.07) is 13.3. The Morgan fingerprint density at radius 2 is 1.93 bits per heavy atom. The van der Waals surface area contributed by atoms with Gasteiger partial charge >= 0.3 is 0 Å². The maximum absolute atomic E-state index is 13.1. The van der Waals surface area contributed by atoms with Gasteiger partial charge in [-0.2, -0.15) is 0 Å². The van der Waals surface area contributed by atoms with Crippen LogP contribution in [0.5, 0.6) is 0 Å². The number of rotatable bonds is 6. The quantitative estimate of drug-likeness (QED) is 0.666. The van der Waals surface area contributed by atoms with Crippen molar-refractivity contribution in [1.82, 2.24) is 20.3 Å². The smallest absolute Gasteiger partial charge is 0.251 e. The summed E-state index contributed by atoms with van der Waals surface area (Å²) in [5, 5.41) is 6.26. The van der Waals surface area contributed by atoms with E-state index in [1.165, 1.54) is 0 Å². The lowest BCUT2D eigenvalue weighted by molar-refractivity contribution is 0.0930. The number of hydrogen-bond donors (Lipinski definition) is 2. The fourth-order valence-corrected chi connectivity index (χ4v) is 3.51. The van der Waals surface area contributed by atoms with E-state index in [0.29, 0.717) is 17.3 Å². The minimum absolute atomic E-state index is 0.0570. The van der Waals surface area contributed by atoms with Crippen LogP contribution in [0, 0.1) is 19.8 Å². The molecule has 1 aliphatic carbocycles. The highest BCUT2D eigenvalue weighted by Crippen LogP contribution is 2.41. The van der Waals surface area contributed by atoms with Gasteiger partial charge in [0, 0.05) is 36.1 Å². The third-order valence-electron chi connectivity index (χ3n) is 5.22. The van der Waals surface area contributed by atoms with Crippen molar-refractivity contribution in [3.05, 3.63) is 71.2 Å². The van der Waals surface area contributed by atoms with Crippen molar-refractivity contribution in [1.29, 1.82) is 0 Å². The van der Waals surface area contributed by atoms with Crippen molar-refractivity contribution in [2.24, 2.45) is 5.92 Å². The van der Waals surface area contributed by atoms with E-state index in [1.54, 1.807) is 6.20 Å². The molecule has 148 valence electrons. The van der Waals surface area contributed by atoms with Crippen LogP contribution in [0.3, 0.4) is 0 Å². The Bertz CT molecular complexity index is 1040. The van der Waals surface area contributed by atoms with E-state index >= 15 is 0 Å². The van der Waals surface area contributed by atoms with Gasteiger partial charge in [-0.15, -0.1) is 0 Å². The molecule has 29 heavy (non-hydrogen) atoms. The Kier molecular flexibility index (Phi) is 5.25. The van der Waals surface area contributed by atoms with Gasteiger partial charge in [-0.1, -0.05) is 18.2 Å². The molecule has 3 aromatic rings. The second kappa shape index (κ2) is 7.99. The zero-order valence-corrected chi connectivity index (χ0v) is 16.9. The predicted octanol–water partition coefficient (Wildman–Crippen LogP) is 4.08. The molecule has 4 rings (SSSR count). The van der Waals surface area contributed by atoms with E-state index in [1.807, 2.05) is 63.4 Å². The highest BCUT2D eigenvalue weighted by atomic mass is 16.1. The van der Waals surface area contributed by atoms with Gasteiger partial charge in [-0.25, -0.2) is 9.97 Å². The second-order valence-electron chi connectivity index (χ2n) is 7.54. The lowest BCUT2D eigenvalue weighted by atomic mass is 10.0. The maximum atomic E-state index is 13.1. The van der Waals surface area contributed by atoms with Crippen molar-refractivity contribution in [3.63, 3.8) is 0 Å². The number of nitrogens with zero attached hydrogens (tertiary/aromatic N) is 3. The number of carbonyl (C=O) groups is 1. The first-order valence-electron chi connectivity index (χ1n) is 9.91. The number of hydrogen-bond acceptors (Lipinski definition) is 5. The molecule has 0 radical (unpaired) electrons. The Balaban J connectivity index is 1.60. The molecule has 6 nitrogen and oxygen atoms in total. The molecular weight excluding hydrogens is 362 g/mol. The lowest BCUT2D eigenvalue weighted by Crippen LogP contribution is -2.31. The molecule has 0 saturated heterocycles.